The molecule has 0 radical (unpaired) electrons. The fourth-order valence-corrected chi connectivity index (χ4v) is 10.5. The third-order valence-electron chi connectivity index (χ3n) is 7.78. The second-order valence-corrected chi connectivity index (χ2v) is 15.1. The smallest absolute Gasteiger partial charge is 0.160 e. The maximum Gasteiger partial charge on any atom is 2.00 e. The van der Waals surface area contributed by atoms with Gasteiger partial charge in [0.1, 0.15) is 0 Å². The Balaban J connectivity index is 0.000000155. The van der Waals surface area contributed by atoms with Gasteiger partial charge in [-0.05, 0) is 37.1 Å². The van der Waals surface area contributed by atoms with Gasteiger partial charge in [0.05, 0.1) is 0 Å². The van der Waals surface area contributed by atoms with Gasteiger partial charge in [-0.25, -0.2) is 0 Å². The summed E-state index contributed by atoms with van der Waals surface area (Å²) < 4.78 is 0. The Kier molecular flexibility index (Phi) is 10.5. The van der Waals surface area contributed by atoms with Crippen molar-refractivity contribution >= 4 is 69.2 Å². The molecule has 0 bridgehead atoms. The van der Waals surface area contributed by atoms with E-state index in [1.807, 2.05) is 0 Å². The van der Waals surface area contributed by atoms with Crippen LogP contribution in [0.4, 0.5) is 0 Å². The minimum atomic E-state index is -0.493. The fraction of sp³-hybridized carbons (Fsp3) is 0. The van der Waals surface area contributed by atoms with Gasteiger partial charge in [-0.15, -0.1) is 80.7 Å². The number of hydrogen-bond donors (Lipinski definition) is 0. The molecule has 0 aliphatic rings. The summed E-state index contributed by atoms with van der Waals surface area (Å²) in [7, 11) is -0.986. The zero-order valence-electron chi connectivity index (χ0n) is 24.9. The van der Waals surface area contributed by atoms with Gasteiger partial charge >= 0.3 is 26.2 Å². The second kappa shape index (κ2) is 15.0. The minimum absolute atomic E-state index is 0. The van der Waals surface area contributed by atoms with Crippen molar-refractivity contribution in [2.24, 2.45) is 0 Å². The minimum Gasteiger partial charge on any atom is -0.160 e. The molecule has 0 aliphatic heterocycles. The maximum atomic E-state index is 2.35. The van der Waals surface area contributed by atoms with Crippen LogP contribution in [0.25, 0.3) is 21.5 Å². The number of rotatable bonds is 6. The van der Waals surface area contributed by atoms with E-state index in [4.69, 9.17) is 0 Å². The summed E-state index contributed by atoms with van der Waals surface area (Å²) in [6, 6.07) is 70.0. The summed E-state index contributed by atoms with van der Waals surface area (Å²) in [6.45, 7) is 0. The second-order valence-electron chi connectivity index (χ2n) is 10.7. The summed E-state index contributed by atoms with van der Waals surface area (Å²) in [4.78, 5) is 0. The Labute approximate surface area is 287 Å². The Bertz CT molecular complexity index is 1770. The average molecular weight is 690 g/mol. The molecule has 0 amide bonds. The van der Waals surface area contributed by atoms with Gasteiger partial charge in [-0.2, -0.15) is 12.1 Å². The molecule has 0 heterocycles. The van der Waals surface area contributed by atoms with Gasteiger partial charge < -0.3 is 0 Å². The first-order chi connectivity index (χ1) is 21.8. The van der Waals surface area contributed by atoms with E-state index in [2.05, 4.69) is 194 Å². The van der Waals surface area contributed by atoms with Gasteiger partial charge in [-0.3, -0.25) is 0 Å². The van der Waals surface area contributed by atoms with E-state index in [9.17, 15) is 0 Å². The van der Waals surface area contributed by atoms with Crippen molar-refractivity contribution in [3.8, 4) is 0 Å². The van der Waals surface area contributed by atoms with Gasteiger partial charge in [0.25, 0.3) is 0 Å². The van der Waals surface area contributed by atoms with Crippen LogP contribution in [0.5, 0.6) is 0 Å². The molecule has 0 fully saturated rings. The van der Waals surface area contributed by atoms with Crippen LogP contribution < -0.4 is 31.8 Å². The average Bonchev–Trinajstić information content (AvgIpc) is 3.72. The molecule has 0 nitrogen and oxygen atoms in total. The largest absolute Gasteiger partial charge is 2.00 e. The molecule has 0 saturated heterocycles. The van der Waals surface area contributed by atoms with Crippen molar-refractivity contribution < 1.29 is 26.2 Å². The molecule has 8 aromatic rings. The van der Waals surface area contributed by atoms with Crippen molar-refractivity contribution in [1.29, 1.82) is 0 Å². The molecule has 0 N–H and O–H groups in total. The van der Waals surface area contributed by atoms with Crippen molar-refractivity contribution in [1.82, 2.24) is 0 Å². The molecule has 0 spiro atoms. The van der Waals surface area contributed by atoms with E-state index < -0.39 is 15.8 Å². The van der Waals surface area contributed by atoms with Crippen LogP contribution >= 0.6 is 15.8 Å². The number of fused-ring (bicyclic) bond motifs is 2. The van der Waals surface area contributed by atoms with Gasteiger partial charge in [0, 0.05) is 0 Å². The van der Waals surface area contributed by atoms with Crippen LogP contribution in [0.15, 0.2) is 194 Å². The van der Waals surface area contributed by atoms with Gasteiger partial charge in [0.15, 0.2) is 0 Å². The van der Waals surface area contributed by atoms with E-state index in [0.29, 0.717) is 0 Å². The molecule has 3 heteroatoms. The van der Waals surface area contributed by atoms with Crippen molar-refractivity contribution in [3.05, 3.63) is 194 Å². The molecule has 8 aromatic carbocycles. The molecule has 45 heavy (non-hydrogen) atoms. The van der Waals surface area contributed by atoms with Crippen molar-refractivity contribution in [2.45, 2.75) is 0 Å². The summed E-state index contributed by atoms with van der Waals surface area (Å²) in [5.41, 5.74) is 0. The zero-order valence-corrected chi connectivity index (χ0v) is 29.1. The van der Waals surface area contributed by atoms with Crippen molar-refractivity contribution in [2.75, 3.05) is 0 Å². The van der Waals surface area contributed by atoms with E-state index in [0.717, 1.165) is 0 Å². The number of benzene rings is 6. The topological polar surface area (TPSA) is 0 Å². The standard InChI is InChI=1S/2C21H16P.Zr/c2*1-3-11-19(12-4-1)22(20-13-5-2-6-14-20)21-15-17-9-7-8-10-18(17)16-21;/h2*1-16H;/q2*-1;+2. The fourth-order valence-electron chi connectivity index (χ4n) is 5.73. The summed E-state index contributed by atoms with van der Waals surface area (Å²) in [5, 5.41) is 13.8. The molecule has 8 rings (SSSR count). The summed E-state index contributed by atoms with van der Waals surface area (Å²) >= 11 is 0. The van der Waals surface area contributed by atoms with E-state index >= 15 is 0 Å². The first kappa shape index (κ1) is 31.3. The molecular formula is C42H32P2Zr. The Morgan fingerprint density at radius 1 is 0.311 bits per heavy atom. The van der Waals surface area contributed by atoms with E-state index in [1.54, 1.807) is 0 Å². The molecule has 0 atom stereocenters. The molecule has 0 unspecified atom stereocenters. The normalized spacial score (nSPS) is 10.9. The molecule has 0 saturated carbocycles. The van der Waals surface area contributed by atoms with E-state index in [-0.39, 0.29) is 26.2 Å². The van der Waals surface area contributed by atoms with Gasteiger partial charge in [0.2, 0.25) is 0 Å². The first-order valence-corrected chi connectivity index (χ1v) is 17.6. The van der Waals surface area contributed by atoms with Gasteiger partial charge in [-0.1, -0.05) is 133 Å². The molecule has 214 valence electrons. The first-order valence-electron chi connectivity index (χ1n) is 14.9. The predicted molar refractivity (Wildman–Crippen MR) is 196 cm³/mol. The number of hydrogen-bond acceptors (Lipinski definition) is 0. The Hall–Kier alpha value is -3.72. The summed E-state index contributed by atoms with van der Waals surface area (Å²) in [5.74, 6) is 0. The maximum absolute atomic E-state index is 2.35. The zero-order chi connectivity index (χ0) is 29.6. The van der Waals surface area contributed by atoms with Crippen molar-refractivity contribution in [3.63, 3.8) is 0 Å². The van der Waals surface area contributed by atoms with Crippen LogP contribution in [0.1, 0.15) is 0 Å². The SMILES string of the molecule is [Zr+2].c1ccc(P(c2ccccc2)c2cc3ccccc3[cH-]2)cc1.c1ccc(P(c2ccccc2)c2cc3ccccc3[cH-]2)cc1. The monoisotopic (exact) mass is 688 g/mol. The van der Waals surface area contributed by atoms with Crippen LogP contribution in [0, 0.1) is 0 Å². The molecular weight excluding hydrogens is 658 g/mol. The third-order valence-corrected chi connectivity index (χ3v) is 12.6. The van der Waals surface area contributed by atoms with Crippen LogP contribution in [0.2, 0.25) is 0 Å². The molecule has 0 aromatic heterocycles. The van der Waals surface area contributed by atoms with Crippen LogP contribution in [-0.2, 0) is 26.2 Å². The summed E-state index contributed by atoms with van der Waals surface area (Å²) in [6.07, 6.45) is 0. The predicted octanol–water partition coefficient (Wildman–Crippen LogP) is 8.63. The third kappa shape index (κ3) is 7.24. The quantitative estimate of drug-likeness (QED) is 0.121. The van der Waals surface area contributed by atoms with Crippen LogP contribution in [0.3, 0.4) is 0 Å². The van der Waals surface area contributed by atoms with Crippen LogP contribution in [-0.4, -0.2) is 0 Å². The molecule has 0 aliphatic carbocycles. The Morgan fingerprint density at radius 3 is 0.867 bits per heavy atom. The Morgan fingerprint density at radius 2 is 0.578 bits per heavy atom. The van der Waals surface area contributed by atoms with E-state index in [1.165, 1.54) is 53.4 Å².